The molecule has 0 aliphatic heterocycles. The first-order valence-corrected chi connectivity index (χ1v) is 6.23. The van der Waals surface area contributed by atoms with Crippen molar-refractivity contribution < 1.29 is 14.3 Å². The molecule has 0 saturated carbocycles. The van der Waals surface area contributed by atoms with E-state index < -0.39 is 0 Å². The highest BCUT2D eigenvalue weighted by Crippen LogP contribution is 2.15. The average Bonchev–Trinajstić information content (AvgIpc) is 2.53. The van der Waals surface area contributed by atoms with Gasteiger partial charge in [-0.3, -0.25) is 0 Å². The Morgan fingerprint density at radius 2 is 1.65 bits per heavy atom. The van der Waals surface area contributed by atoms with Crippen molar-refractivity contribution in [2.75, 3.05) is 14.2 Å². The highest BCUT2D eigenvalue weighted by Gasteiger charge is 2.02. The number of carbonyl (C=O) groups excluding carboxylic acids is 1. The van der Waals surface area contributed by atoms with Gasteiger partial charge < -0.3 is 9.47 Å². The van der Waals surface area contributed by atoms with Gasteiger partial charge in [0.05, 0.1) is 19.8 Å². The summed E-state index contributed by atoms with van der Waals surface area (Å²) < 4.78 is 9.84. The Morgan fingerprint density at radius 3 is 2.30 bits per heavy atom. The summed E-state index contributed by atoms with van der Waals surface area (Å²) in [7, 11) is 3.02. The van der Waals surface area contributed by atoms with Gasteiger partial charge in [0.2, 0.25) is 0 Å². The van der Waals surface area contributed by atoms with Crippen LogP contribution >= 0.6 is 0 Å². The van der Waals surface area contributed by atoms with Crippen LogP contribution < -0.4 is 4.74 Å². The minimum Gasteiger partial charge on any atom is -0.497 e. The monoisotopic (exact) mass is 268 g/mol. The molecule has 0 unspecified atom stereocenters. The second-order valence-electron chi connectivity index (χ2n) is 4.22. The van der Waals surface area contributed by atoms with Crippen LogP contribution in [-0.4, -0.2) is 20.2 Å². The van der Waals surface area contributed by atoms with E-state index in [1.54, 1.807) is 19.2 Å². The molecule has 0 amide bonds. The quantitative estimate of drug-likeness (QED) is 0.627. The molecule has 0 spiro atoms. The Kier molecular flexibility index (Phi) is 4.56. The lowest BCUT2D eigenvalue weighted by molar-refractivity contribution is 0.0601. The fourth-order valence-electron chi connectivity index (χ4n) is 1.79. The normalized spacial score (nSPS) is 10.5. The summed E-state index contributed by atoms with van der Waals surface area (Å²) >= 11 is 0. The third kappa shape index (κ3) is 3.48. The molecule has 0 saturated heterocycles. The molecule has 0 fully saturated rings. The molecule has 0 aromatic heterocycles. The lowest BCUT2D eigenvalue weighted by Gasteiger charge is -2.01. The minimum absolute atomic E-state index is 0.326. The second-order valence-corrected chi connectivity index (χ2v) is 4.22. The molecule has 0 radical (unpaired) electrons. The van der Waals surface area contributed by atoms with E-state index in [0.29, 0.717) is 5.56 Å². The molecule has 2 rings (SSSR count). The van der Waals surface area contributed by atoms with Crippen molar-refractivity contribution in [2.24, 2.45) is 0 Å². The van der Waals surface area contributed by atoms with E-state index >= 15 is 0 Å². The van der Waals surface area contributed by atoms with Gasteiger partial charge in [-0.1, -0.05) is 36.4 Å². The molecule has 20 heavy (non-hydrogen) atoms. The van der Waals surface area contributed by atoms with Crippen LogP contribution in [0.1, 0.15) is 21.5 Å². The SMILES string of the molecule is COC(=O)c1ccc(/C=C/c2cccc(OC)c2)cc1. The van der Waals surface area contributed by atoms with E-state index in [0.717, 1.165) is 16.9 Å². The summed E-state index contributed by atoms with van der Waals surface area (Å²) in [5.74, 6) is 0.501. The molecule has 0 aliphatic carbocycles. The maximum Gasteiger partial charge on any atom is 0.337 e. The van der Waals surface area contributed by atoms with Crippen molar-refractivity contribution in [3.8, 4) is 5.75 Å². The molecule has 2 aromatic rings. The Labute approximate surface area is 118 Å². The van der Waals surface area contributed by atoms with Gasteiger partial charge in [-0.2, -0.15) is 0 Å². The zero-order chi connectivity index (χ0) is 14.4. The first kappa shape index (κ1) is 13.9. The molecule has 0 heterocycles. The van der Waals surface area contributed by atoms with Crippen molar-refractivity contribution in [2.45, 2.75) is 0 Å². The van der Waals surface area contributed by atoms with Gasteiger partial charge in [-0.15, -0.1) is 0 Å². The topological polar surface area (TPSA) is 35.5 Å². The van der Waals surface area contributed by atoms with Crippen LogP contribution in [0.5, 0.6) is 5.75 Å². The Balaban J connectivity index is 2.12. The van der Waals surface area contributed by atoms with E-state index in [4.69, 9.17) is 4.74 Å². The summed E-state index contributed by atoms with van der Waals surface area (Å²) in [4.78, 5) is 11.3. The largest absolute Gasteiger partial charge is 0.497 e. The van der Waals surface area contributed by atoms with E-state index in [2.05, 4.69) is 4.74 Å². The van der Waals surface area contributed by atoms with Gasteiger partial charge in [0, 0.05) is 0 Å². The number of esters is 1. The second kappa shape index (κ2) is 6.57. The van der Waals surface area contributed by atoms with Crippen LogP contribution in [0.15, 0.2) is 48.5 Å². The van der Waals surface area contributed by atoms with Crippen LogP contribution in [-0.2, 0) is 4.74 Å². The number of ether oxygens (including phenoxy) is 2. The first-order chi connectivity index (χ1) is 9.72. The van der Waals surface area contributed by atoms with Gasteiger partial charge in [0.25, 0.3) is 0 Å². The minimum atomic E-state index is -0.326. The van der Waals surface area contributed by atoms with Crippen molar-refractivity contribution in [3.05, 3.63) is 65.2 Å². The first-order valence-electron chi connectivity index (χ1n) is 6.23. The Morgan fingerprint density at radius 1 is 0.950 bits per heavy atom. The predicted molar refractivity (Wildman–Crippen MR) is 79.7 cm³/mol. The highest BCUT2D eigenvalue weighted by atomic mass is 16.5. The van der Waals surface area contributed by atoms with Crippen LogP contribution in [0.25, 0.3) is 12.2 Å². The Bertz CT molecular complexity index is 612. The van der Waals surface area contributed by atoms with Crippen LogP contribution in [0, 0.1) is 0 Å². The molecule has 0 atom stereocenters. The molecule has 0 N–H and O–H groups in total. The van der Waals surface area contributed by atoms with Crippen molar-refractivity contribution in [3.63, 3.8) is 0 Å². The standard InChI is InChI=1S/C17H16O3/c1-19-16-5-3-4-14(12-16)7-6-13-8-10-15(11-9-13)17(18)20-2/h3-12H,1-2H3/b7-6+. The number of benzene rings is 2. The van der Waals surface area contributed by atoms with Crippen LogP contribution in [0.2, 0.25) is 0 Å². The number of rotatable bonds is 4. The van der Waals surface area contributed by atoms with E-state index in [-0.39, 0.29) is 5.97 Å². The summed E-state index contributed by atoms with van der Waals surface area (Å²) in [6.07, 6.45) is 3.98. The summed E-state index contributed by atoms with van der Waals surface area (Å²) in [5.41, 5.74) is 2.62. The molecule has 3 nitrogen and oxygen atoms in total. The number of methoxy groups -OCH3 is 2. The maximum absolute atomic E-state index is 11.3. The third-order valence-electron chi connectivity index (χ3n) is 2.89. The van der Waals surface area contributed by atoms with Gasteiger partial charge in [-0.05, 0) is 35.4 Å². The van der Waals surface area contributed by atoms with Crippen molar-refractivity contribution in [1.82, 2.24) is 0 Å². The Hall–Kier alpha value is -2.55. The maximum atomic E-state index is 11.3. The van der Waals surface area contributed by atoms with Crippen LogP contribution in [0.4, 0.5) is 0 Å². The molecular weight excluding hydrogens is 252 g/mol. The van der Waals surface area contributed by atoms with E-state index in [1.165, 1.54) is 7.11 Å². The highest BCUT2D eigenvalue weighted by molar-refractivity contribution is 5.89. The molecule has 3 heteroatoms. The third-order valence-corrected chi connectivity index (χ3v) is 2.89. The lowest BCUT2D eigenvalue weighted by Crippen LogP contribution is -2.00. The fraction of sp³-hybridized carbons (Fsp3) is 0.118. The van der Waals surface area contributed by atoms with Crippen molar-refractivity contribution >= 4 is 18.1 Å². The number of hydrogen-bond donors (Lipinski definition) is 0. The lowest BCUT2D eigenvalue weighted by atomic mass is 10.1. The molecule has 0 bridgehead atoms. The molecule has 102 valence electrons. The average molecular weight is 268 g/mol. The summed E-state index contributed by atoms with van der Waals surface area (Å²) in [6.45, 7) is 0. The molecule has 0 aliphatic rings. The van der Waals surface area contributed by atoms with E-state index in [1.807, 2.05) is 48.6 Å². The number of hydrogen-bond acceptors (Lipinski definition) is 3. The van der Waals surface area contributed by atoms with Gasteiger partial charge in [0.15, 0.2) is 0 Å². The smallest absolute Gasteiger partial charge is 0.337 e. The predicted octanol–water partition coefficient (Wildman–Crippen LogP) is 3.65. The summed E-state index contributed by atoms with van der Waals surface area (Å²) in [6, 6.07) is 15.1. The number of carbonyl (C=O) groups is 1. The zero-order valence-corrected chi connectivity index (χ0v) is 11.5. The van der Waals surface area contributed by atoms with Crippen LogP contribution in [0.3, 0.4) is 0 Å². The summed E-state index contributed by atoms with van der Waals surface area (Å²) in [5, 5.41) is 0. The van der Waals surface area contributed by atoms with E-state index in [9.17, 15) is 4.79 Å². The zero-order valence-electron chi connectivity index (χ0n) is 11.5. The fourth-order valence-corrected chi connectivity index (χ4v) is 1.79. The van der Waals surface area contributed by atoms with Gasteiger partial charge in [0.1, 0.15) is 5.75 Å². The van der Waals surface area contributed by atoms with Crippen molar-refractivity contribution in [1.29, 1.82) is 0 Å². The van der Waals surface area contributed by atoms with Gasteiger partial charge >= 0.3 is 5.97 Å². The van der Waals surface area contributed by atoms with Gasteiger partial charge in [-0.25, -0.2) is 4.79 Å². The molecule has 2 aromatic carbocycles. The molecular formula is C17H16O3.